The van der Waals surface area contributed by atoms with Crippen LogP contribution in [0.3, 0.4) is 0 Å². The normalized spacial score (nSPS) is 14.9. The lowest BCUT2D eigenvalue weighted by Gasteiger charge is -2.29. The molecule has 0 spiro atoms. The summed E-state index contributed by atoms with van der Waals surface area (Å²) in [5.74, 6) is 5.87. The molecule has 1 fully saturated rings. The number of aromatic amines is 1. The van der Waals surface area contributed by atoms with E-state index >= 15 is 0 Å². The number of rotatable bonds is 7. The van der Waals surface area contributed by atoms with Crippen molar-refractivity contribution >= 4 is 32.3 Å². The number of carbonyl (C=O) groups excluding carboxylic acids is 1. The number of alkyl halides is 3. The van der Waals surface area contributed by atoms with Crippen molar-refractivity contribution in [1.29, 1.82) is 0 Å². The number of methoxy groups -OCH3 is 1. The lowest BCUT2D eigenvalue weighted by molar-refractivity contribution is -0.127. The van der Waals surface area contributed by atoms with E-state index in [1.807, 2.05) is 7.05 Å². The smallest absolute Gasteiger partial charge is 0.393 e. The van der Waals surface area contributed by atoms with Crippen LogP contribution in [0.25, 0.3) is 10.9 Å². The summed E-state index contributed by atoms with van der Waals surface area (Å²) < 4.78 is 68.8. The third kappa shape index (κ3) is 7.28. The molecule has 40 heavy (non-hydrogen) atoms. The van der Waals surface area contributed by atoms with Gasteiger partial charge in [-0.05, 0) is 68.9 Å². The van der Waals surface area contributed by atoms with Crippen molar-refractivity contribution in [1.82, 2.24) is 15.2 Å². The van der Waals surface area contributed by atoms with Gasteiger partial charge in [0.15, 0.2) is 9.84 Å². The number of carbonyl (C=O) groups is 1. The molecular weight excluding hydrogens is 545 g/mol. The number of aromatic nitrogens is 1. The van der Waals surface area contributed by atoms with Crippen LogP contribution >= 0.6 is 0 Å². The first-order valence-electron chi connectivity index (χ1n) is 12.6. The van der Waals surface area contributed by atoms with Crippen molar-refractivity contribution in [3.05, 3.63) is 53.2 Å². The van der Waals surface area contributed by atoms with Crippen molar-refractivity contribution in [3.8, 4) is 17.6 Å². The van der Waals surface area contributed by atoms with E-state index in [0.29, 0.717) is 22.5 Å². The number of piperidine rings is 1. The summed E-state index contributed by atoms with van der Waals surface area (Å²) in [7, 11) is 0.0278. The van der Waals surface area contributed by atoms with E-state index in [-0.39, 0.29) is 39.9 Å². The number of benzene rings is 2. The Morgan fingerprint density at radius 1 is 1.20 bits per heavy atom. The minimum absolute atomic E-state index is 0.0277. The molecule has 1 saturated heterocycles. The molecule has 12 heteroatoms. The standard InChI is InChI=1S/C28H31F3N4O4S/c1-35-11-8-20(9-12-35)34-27(36)23-14-18(13-22-19(16-28(29,30)31)17-33-26(22)23)5-4-10-32-24-15-21(40(3,37)38)6-7-25(24)39-2/h6-7,13-15,17,20,32-33H,8-12,16H2,1-3H3,(H,34,36). The molecule has 1 aromatic heterocycles. The van der Waals surface area contributed by atoms with Crippen molar-refractivity contribution < 1.29 is 31.1 Å². The summed E-state index contributed by atoms with van der Waals surface area (Å²) in [6.45, 7) is 1.77. The number of hydrogen-bond acceptors (Lipinski definition) is 6. The molecule has 0 unspecified atom stereocenters. The Balaban J connectivity index is 1.62. The number of sulfone groups is 1. The maximum atomic E-state index is 13.3. The highest BCUT2D eigenvalue weighted by molar-refractivity contribution is 7.90. The van der Waals surface area contributed by atoms with Gasteiger partial charge in [0.05, 0.1) is 41.7 Å². The molecule has 0 atom stereocenters. The van der Waals surface area contributed by atoms with Crippen molar-refractivity contribution in [2.75, 3.05) is 45.4 Å². The van der Waals surface area contributed by atoms with Crippen molar-refractivity contribution in [3.63, 3.8) is 0 Å². The Hall–Kier alpha value is -3.69. The zero-order valence-electron chi connectivity index (χ0n) is 22.4. The average molecular weight is 577 g/mol. The highest BCUT2D eigenvalue weighted by Gasteiger charge is 2.30. The maximum Gasteiger partial charge on any atom is 0.393 e. The van der Waals surface area contributed by atoms with E-state index in [4.69, 9.17) is 4.74 Å². The fraction of sp³-hybridized carbons (Fsp3) is 0.393. The van der Waals surface area contributed by atoms with Crippen LogP contribution in [0.1, 0.15) is 34.3 Å². The first kappa shape index (κ1) is 29.3. The lowest BCUT2D eigenvalue weighted by Crippen LogP contribution is -2.43. The molecule has 0 bridgehead atoms. The third-order valence-corrected chi connectivity index (χ3v) is 7.87. The van der Waals surface area contributed by atoms with Gasteiger partial charge in [0, 0.05) is 29.4 Å². The van der Waals surface area contributed by atoms with Crippen LogP contribution in [0, 0.1) is 11.8 Å². The summed E-state index contributed by atoms with van der Waals surface area (Å²) in [5, 5.41) is 6.32. The van der Waals surface area contributed by atoms with Gasteiger partial charge >= 0.3 is 6.18 Å². The van der Waals surface area contributed by atoms with Gasteiger partial charge in [0.2, 0.25) is 0 Å². The SMILES string of the molecule is COc1ccc(S(C)(=O)=O)cc1NCC#Cc1cc(C(=O)NC2CCN(C)CC2)c2[nH]cc(CC(F)(F)F)c2c1. The number of ether oxygens (including phenoxy) is 1. The number of nitrogens with one attached hydrogen (secondary N) is 3. The van der Waals surface area contributed by atoms with E-state index < -0.39 is 22.4 Å². The summed E-state index contributed by atoms with van der Waals surface area (Å²) in [6.07, 6.45) is -1.61. The summed E-state index contributed by atoms with van der Waals surface area (Å²) in [6, 6.07) is 7.49. The Labute approximate surface area is 231 Å². The van der Waals surface area contributed by atoms with Crippen LogP contribution in [0.5, 0.6) is 5.75 Å². The minimum Gasteiger partial charge on any atom is -0.495 e. The van der Waals surface area contributed by atoms with Crippen LogP contribution in [0.4, 0.5) is 18.9 Å². The fourth-order valence-corrected chi connectivity index (χ4v) is 5.31. The summed E-state index contributed by atoms with van der Waals surface area (Å²) in [5.41, 5.74) is 1.38. The number of H-pyrrole nitrogens is 1. The number of hydrogen-bond donors (Lipinski definition) is 3. The van der Waals surface area contributed by atoms with Crippen LogP contribution in [0.2, 0.25) is 0 Å². The van der Waals surface area contributed by atoms with E-state index in [2.05, 4.69) is 32.4 Å². The maximum absolute atomic E-state index is 13.3. The van der Waals surface area contributed by atoms with Gasteiger partial charge in [0.25, 0.3) is 5.91 Å². The molecule has 1 aliphatic heterocycles. The second-order valence-electron chi connectivity index (χ2n) is 9.89. The zero-order chi connectivity index (χ0) is 29.1. The van der Waals surface area contributed by atoms with E-state index in [0.717, 1.165) is 32.2 Å². The molecule has 1 aliphatic rings. The molecular formula is C28H31F3N4O4S. The number of anilines is 1. The van der Waals surface area contributed by atoms with Crippen molar-refractivity contribution in [2.45, 2.75) is 36.4 Å². The van der Waals surface area contributed by atoms with Crippen LogP contribution < -0.4 is 15.4 Å². The second kappa shape index (κ2) is 11.8. The van der Waals surface area contributed by atoms with Gasteiger partial charge in [-0.3, -0.25) is 4.79 Å². The number of amides is 1. The lowest BCUT2D eigenvalue weighted by atomic mass is 10.0. The number of fused-ring (bicyclic) bond motifs is 1. The van der Waals surface area contributed by atoms with Crippen LogP contribution in [-0.4, -0.2) is 76.5 Å². The number of halogens is 3. The molecule has 1 amide bonds. The van der Waals surface area contributed by atoms with Gasteiger partial charge in [0.1, 0.15) is 5.75 Å². The molecule has 8 nitrogen and oxygen atoms in total. The van der Waals surface area contributed by atoms with Gasteiger partial charge in [-0.25, -0.2) is 8.42 Å². The first-order valence-corrected chi connectivity index (χ1v) is 14.5. The second-order valence-corrected chi connectivity index (χ2v) is 11.9. The molecule has 2 heterocycles. The Morgan fingerprint density at radius 2 is 1.93 bits per heavy atom. The fourth-order valence-electron chi connectivity index (χ4n) is 4.66. The topological polar surface area (TPSA) is 104 Å². The highest BCUT2D eigenvalue weighted by atomic mass is 32.2. The molecule has 3 aromatic rings. The quantitative estimate of drug-likeness (QED) is 0.368. The molecule has 0 radical (unpaired) electrons. The average Bonchev–Trinajstić information content (AvgIpc) is 3.27. The van der Waals surface area contributed by atoms with E-state index in [1.165, 1.54) is 37.6 Å². The summed E-state index contributed by atoms with van der Waals surface area (Å²) in [4.78, 5) is 18.4. The van der Waals surface area contributed by atoms with E-state index in [9.17, 15) is 26.4 Å². The molecule has 2 aromatic carbocycles. The first-order chi connectivity index (χ1) is 18.8. The highest BCUT2D eigenvalue weighted by Crippen LogP contribution is 2.30. The number of nitrogens with zero attached hydrogens (tertiary/aromatic N) is 1. The molecule has 3 N–H and O–H groups in total. The predicted molar refractivity (Wildman–Crippen MR) is 148 cm³/mol. The summed E-state index contributed by atoms with van der Waals surface area (Å²) >= 11 is 0. The Kier molecular flexibility index (Phi) is 8.65. The monoisotopic (exact) mass is 576 g/mol. The molecule has 0 aliphatic carbocycles. The Bertz CT molecular complexity index is 1560. The van der Waals surface area contributed by atoms with Crippen LogP contribution in [0.15, 0.2) is 41.4 Å². The van der Waals surface area contributed by atoms with Crippen molar-refractivity contribution in [2.24, 2.45) is 0 Å². The van der Waals surface area contributed by atoms with Crippen LogP contribution in [-0.2, 0) is 16.3 Å². The Morgan fingerprint density at radius 3 is 2.58 bits per heavy atom. The molecule has 4 rings (SSSR count). The van der Waals surface area contributed by atoms with Gasteiger partial charge in [-0.1, -0.05) is 11.8 Å². The van der Waals surface area contributed by atoms with E-state index in [1.54, 1.807) is 6.07 Å². The molecule has 214 valence electrons. The minimum atomic E-state index is -4.42. The molecule has 0 saturated carbocycles. The predicted octanol–water partition coefficient (Wildman–Crippen LogP) is 3.97. The van der Waals surface area contributed by atoms with Gasteiger partial charge < -0.3 is 25.3 Å². The van der Waals surface area contributed by atoms with Gasteiger partial charge in [-0.15, -0.1) is 0 Å². The van der Waals surface area contributed by atoms with Gasteiger partial charge in [-0.2, -0.15) is 13.2 Å². The largest absolute Gasteiger partial charge is 0.495 e. The zero-order valence-corrected chi connectivity index (χ0v) is 23.2. The number of likely N-dealkylation sites (tertiary alicyclic amines) is 1. The third-order valence-electron chi connectivity index (χ3n) is 6.76.